The highest BCUT2D eigenvalue weighted by molar-refractivity contribution is 7.90. The van der Waals surface area contributed by atoms with Crippen LogP contribution in [0.4, 0.5) is 13.2 Å². The summed E-state index contributed by atoms with van der Waals surface area (Å²) in [6, 6.07) is 0. The average Bonchev–Trinajstić information content (AvgIpc) is 2.52. The van der Waals surface area contributed by atoms with Gasteiger partial charge < -0.3 is 15.5 Å². The Morgan fingerprint density at radius 3 is 2.18 bits per heavy atom. The molecule has 1 aliphatic heterocycles. The molecule has 0 aliphatic carbocycles. The first-order valence-electron chi connectivity index (χ1n) is 8.96. The van der Waals surface area contributed by atoms with E-state index >= 15 is 0 Å². The first-order valence-corrected chi connectivity index (χ1v) is 10.4. The van der Waals surface area contributed by atoms with Crippen LogP contribution in [0.3, 0.4) is 0 Å². The second kappa shape index (κ2) is 9.29. The van der Waals surface area contributed by atoms with Crippen LogP contribution in [0.15, 0.2) is 4.99 Å². The molecule has 1 aliphatic rings. The largest absolute Gasteiger partial charge is 0.511 e. The number of piperidine rings is 1. The number of guanidine groups is 1. The standard InChI is InChI=1S/C16H30F3N5O3S/c1-15(2,3)22-13(25)11-23(5)14(20-4)21-10-12-6-8-24(9-7-12)28(26,27)16(17,18)19/h12H,6-11H2,1-5H3,(H,20,21)(H,22,25). The normalized spacial score (nSPS) is 18.1. The van der Waals surface area contributed by atoms with Crippen molar-refractivity contribution in [2.75, 3.05) is 40.3 Å². The second-order valence-corrected chi connectivity index (χ2v) is 9.80. The van der Waals surface area contributed by atoms with Crippen molar-refractivity contribution in [3.63, 3.8) is 0 Å². The summed E-state index contributed by atoms with van der Waals surface area (Å²) in [6.45, 7) is 5.82. The van der Waals surface area contributed by atoms with Gasteiger partial charge in [-0.2, -0.15) is 17.5 Å². The molecule has 0 radical (unpaired) electrons. The van der Waals surface area contributed by atoms with Crippen LogP contribution in [0.25, 0.3) is 0 Å². The minimum Gasteiger partial charge on any atom is -0.356 e. The molecule has 1 heterocycles. The number of carbonyl (C=O) groups is 1. The molecule has 8 nitrogen and oxygen atoms in total. The molecule has 0 aromatic rings. The Kier molecular flexibility index (Phi) is 8.12. The smallest absolute Gasteiger partial charge is 0.356 e. The van der Waals surface area contributed by atoms with Crippen molar-refractivity contribution in [1.82, 2.24) is 19.8 Å². The highest BCUT2D eigenvalue weighted by atomic mass is 32.2. The molecule has 12 heteroatoms. The lowest BCUT2D eigenvalue weighted by Crippen LogP contribution is -2.50. The van der Waals surface area contributed by atoms with E-state index in [1.165, 1.54) is 0 Å². The molecular weight excluding hydrogens is 399 g/mol. The molecule has 0 atom stereocenters. The number of halogens is 3. The van der Waals surface area contributed by atoms with Gasteiger partial charge in [0.05, 0.1) is 6.54 Å². The third kappa shape index (κ3) is 7.12. The number of hydrogen-bond acceptors (Lipinski definition) is 4. The van der Waals surface area contributed by atoms with Crippen molar-refractivity contribution in [1.29, 1.82) is 0 Å². The van der Waals surface area contributed by atoms with E-state index in [-0.39, 0.29) is 37.0 Å². The van der Waals surface area contributed by atoms with Gasteiger partial charge in [0.25, 0.3) is 0 Å². The first kappa shape index (κ1) is 24.5. The number of hydrogen-bond donors (Lipinski definition) is 2. The highest BCUT2D eigenvalue weighted by Gasteiger charge is 2.50. The van der Waals surface area contributed by atoms with Crippen LogP contribution in [0.5, 0.6) is 0 Å². The number of nitrogens with one attached hydrogen (secondary N) is 2. The molecule has 1 amide bonds. The van der Waals surface area contributed by atoms with Crippen LogP contribution >= 0.6 is 0 Å². The maximum Gasteiger partial charge on any atom is 0.511 e. The SMILES string of the molecule is CN=C(NCC1CCN(S(=O)(=O)C(F)(F)F)CC1)N(C)CC(=O)NC(C)(C)C. The zero-order valence-corrected chi connectivity index (χ0v) is 17.7. The number of carbonyl (C=O) groups excluding carboxylic acids is 1. The van der Waals surface area contributed by atoms with Gasteiger partial charge in [0.15, 0.2) is 5.96 Å². The van der Waals surface area contributed by atoms with Gasteiger partial charge in [-0.25, -0.2) is 8.42 Å². The lowest BCUT2D eigenvalue weighted by molar-refractivity contribution is -0.122. The summed E-state index contributed by atoms with van der Waals surface area (Å²) < 4.78 is 61.2. The Hall–Kier alpha value is -1.56. The van der Waals surface area contributed by atoms with Crippen LogP contribution in [0, 0.1) is 5.92 Å². The van der Waals surface area contributed by atoms with E-state index < -0.39 is 15.5 Å². The van der Waals surface area contributed by atoms with E-state index in [4.69, 9.17) is 0 Å². The lowest BCUT2D eigenvalue weighted by atomic mass is 9.98. The molecule has 1 rings (SSSR count). The summed E-state index contributed by atoms with van der Waals surface area (Å²) in [6.07, 6.45) is 0.626. The maximum absolute atomic E-state index is 12.6. The van der Waals surface area contributed by atoms with Crippen molar-refractivity contribution in [2.45, 2.75) is 44.7 Å². The fourth-order valence-corrected chi connectivity index (χ4v) is 3.85. The number of alkyl halides is 3. The quantitative estimate of drug-likeness (QED) is 0.502. The van der Waals surface area contributed by atoms with Gasteiger partial charge in [-0.05, 0) is 39.5 Å². The van der Waals surface area contributed by atoms with Crippen molar-refractivity contribution >= 4 is 21.9 Å². The van der Waals surface area contributed by atoms with Crippen LogP contribution in [0.2, 0.25) is 0 Å². The lowest BCUT2D eigenvalue weighted by Gasteiger charge is -2.32. The monoisotopic (exact) mass is 429 g/mol. The number of amides is 1. The van der Waals surface area contributed by atoms with E-state index in [2.05, 4.69) is 15.6 Å². The molecule has 0 saturated carbocycles. The van der Waals surface area contributed by atoms with E-state index in [0.717, 1.165) is 0 Å². The zero-order valence-electron chi connectivity index (χ0n) is 16.9. The fraction of sp³-hybridized carbons (Fsp3) is 0.875. The fourth-order valence-electron chi connectivity index (χ4n) is 2.87. The number of aliphatic imine (C=N–C) groups is 1. The summed E-state index contributed by atoms with van der Waals surface area (Å²) in [5.41, 5.74) is -5.62. The van der Waals surface area contributed by atoms with Crippen molar-refractivity contribution < 1.29 is 26.4 Å². The molecule has 1 saturated heterocycles. The van der Waals surface area contributed by atoms with Crippen LogP contribution in [0.1, 0.15) is 33.6 Å². The maximum atomic E-state index is 12.6. The Bertz CT molecular complexity index is 666. The van der Waals surface area contributed by atoms with Gasteiger partial charge in [0.1, 0.15) is 0 Å². The van der Waals surface area contributed by atoms with Crippen molar-refractivity contribution in [3.8, 4) is 0 Å². The molecule has 0 aromatic heterocycles. The second-order valence-electron chi connectivity index (χ2n) is 7.88. The number of sulfonamides is 1. The van der Waals surface area contributed by atoms with Crippen LogP contribution < -0.4 is 10.6 Å². The van der Waals surface area contributed by atoms with E-state index in [9.17, 15) is 26.4 Å². The summed E-state index contributed by atoms with van der Waals surface area (Å²) in [7, 11) is -1.99. The van der Waals surface area contributed by atoms with E-state index in [1.807, 2.05) is 20.8 Å². The summed E-state index contributed by atoms with van der Waals surface area (Å²) in [4.78, 5) is 17.8. The summed E-state index contributed by atoms with van der Waals surface area (Å²) in [5, 5.41) is 5.94. The van der Waals surface area contributed by atoms with Gasteiger partial charge in [0, 0.05) is 39.3 Å². The van der Waals surface area contributed by atoms with Gasteiger partial charge in [0.2, 0.25) is 5.91 Å². The highest BCUT2D eigenvalue weighted by Crippen LogP contribution is 2.30. The van der Waals surface area contributed by atoms with Crippen LogP contribution in [-0.2, 0) is 14.8 Å². The zero-order chi connectivity index (χ0) is 21.8. The molecule has 1 fully saturated rings. The third-order valence-corrected chi connectivity index (χ3v) is 5.85. The third-order valence-electron chi connectivity index (χ3n) is 4.22. The predicted octanol–water partition coefficient (Wildman–Crippen LogP) is 0.970. The van der Waals surface area contributed by atoms with E-state index in [0.29, 0.717) is 29.7 Å². The minimum absolute atomic E-state index is 0.00763. The molecule has 2 N–H and O–H groups in total. The minimum atomic E-state index is -5.27. The number of nitrogens with zero attached hydrogens (tertiary/aromatic N) is 3. The van der Waals surface area contributed by atoms with Crippen molar-refractivity contribution in [2.24, 2.45) is 10.9 Å². The Morgan fingerprint density at radius 1 is 1.21 bits per heavy atom. The average molecular weight is 430 g/mol. The van der Waals surface area contributed by atoms with Crippen LogP contribution in [-0.4, -0.2) is 80.8 Å². The molecule has 0 spiro atoms. The molecule has 0 bridgehead atoms. The Morgan fingerprint density at radius 2 is 1.75 bits per heavy atom. The topological polar surface area (TPSA) is 94.1 Å². The predicted molar refractivity (Wildman–Crippen MR) is 101 cm³/mol. The van der Waals surface area contributed by atoms with Gasteiger partial charge in [-0.3, -0.25) is 9.79 Å². The summed E-state index contributed by atoms with van der Waals surface area (Å²) >= 11 is 0. The molecule has 164 valence electrons. The van der Waals surface area contributed by atoms with Gasteiger partial charge in [-0.1, -0.05) is 0 Å². The molecule has 0 aromatic carbocycles. The van der Waals surface area contributed by atoms with E-state index in [1.54, 1.807) is 19.0 Å². The first-order chi connectivity index (χ1) is 12.7. The molecule has 0 unspecified atom stereocenters. The molecule has 28 heavy (non-hydrogen) atoms. The Balaban J connectivity index is 2.51. The van der Waals surface area contributed by atoms with Crippen molar-refractivity contribution in [3.05, 3.63) is 0 Å². The van der Waals surface area contributed by atoms with Gasteiger partial charge in [-0.15, -0.1) is 0 Å². The number of rotatable bonds is 5. The molecular formula is C16H30F3N5O3S. The number of likely N-dealkylation sites (N-methyl/N-ethyl adjacent to an activating group) is 1. The summed E-state index contributed by atoms with van der Waals surface area (Å²) in [5.74, 6) is 0.325. The van der Waals surface area contributed by atoms with Gasteiger partial charge >= 0.3 is 15.5 Å². The Labute approximate surface area is 164 Å².